The number of anilines is 3. The molecule has 0 aliphatic rings. The molecule has 0 saturated carbocycles. The van der Waals surface area contributed by atoms with Crippen molar-refractivity contribution in [3.63, 3.8) is 0 Å². The molecule has 0 atom stereocenters. The van der Waals surface area contributed by atoms with Gasteiger partial charge in [0, 0.05) is 37.2 Å². The molecule has 0 aliphatic carbocycles. The van der Waals surface area contributed by atoms with Crippen LogP contribution < -0.4 is 4.90 Å². The van der Waals surface area contributed by atoms with E-state index < -0.39 is 89.6 Å². The topological polar surface area (TPSA) is 3.24 Å². The first-order valence-corrected chi connectivity index (χ1v) is 19.7. The van der Waals surface area contributed by atoms with Gasteiger partial charge in [-0.25, -0.2) is 0 Å². The highest BCUT2D eigenvalue weighted by Crippen LogP contribution is 2.41. The highest BCUT2D eigenvalue weighted by molar-refractivity contribution is 7.25. The van der Waals surface area contributed by atoms with Crippen LogP contribution in [0, 0.1) is 0 Å². The Bertz CT molecular complexity index is 3950. The minimum atomic E-state index is -0.723. The van der Waals surface area contributed by atoms with Crippen molar-refractivity contribution in [1.29, 1.82) is 0 Å². The zero-order chi connectivity index (χ0) is 48.9. The average molecular weight is 768 g/mol. The normalized spacial score (nSPS) is 14.3. The van der Waals surface area contributed by atoms with E-state index in [1.54, 1.807) is 53.8 Å². The lowest BCUT2D eigenvalue weighted by atomic mass is 9.95. The Balaban J connectivity index is 1.19. The van der Waals surface area contributed by atoms with Crippen LogP contribution in [0.3, 0.4) is 0 Å². The van der Waals surface area contributed by atoms with E-state index in [-0.39, 0.29) is 16.7 Å². The molecule has 0 amide bonds. The summed E-state index contributed by atoms with van der Waals surface area (Å²) in [5.41, 5.74) is 0.994. The number of thiophene rings is 1. The van der Waals surface area contributed by atoms with Gasteiger partial charge in [0.05, 0.1) is 16.4 Å². The van der Waals surface area contributed by atoms with E-state index in [2.05, 4.69) is 0 Å². The van der Waals surface area contributed by atoms with Gasteiger partial charge in [-0.1, -0.05) is 164 Å². The highest BCUT2D eigenvalue weighted by atomic mass is 32.1. The Kier molecular flexibility index (Phi) is 5.87. The molecule has 0 N–H and O–H groups in total. The maximum Gasteiger partial charge on any atom is 0.0651 e. The molecular formula is C56H37NS. The number of nitrogens with zero attached hydrogens (tertiary/aromatic N) is 1. The van der Waals surface area contributed by atoms with E-state index in [0.717, 1.165) is 52.4 Å². The van der Waals surface area contributed by atoms with Crippen molar-refractivity contribution in [2.45, 2.75) is 0 Å². The third kappa shape index (κ3) is 6.12. The van der Waals surface area contributed by atoms with Gasteiger partial charge in [-0.2, -0.15) is 0 Å². The SMILES string of the molecule is [2H]c1c([2H])c(-c2ccc3sc4ccccc4c3c2)c([2H])c(N(c2c([2H])c([2H])c(-c3cccc(-c4cccc5ccccc45)c3)c([2H])c2[2H])c2c([2H])c([2H])c(-c3cccc4ccccc34)c([2H])c2[2H])c1[2H]. The van der Waals surface area contributed by atoms with E-state index in [1.807, 2.05) is 109 Å². The molecular weight excluding hydrogens is 719 g/mol. The Morgan fingerprint density at radius 1 is 0.345 bits per heavy atom. The van der Waals surface area contributed by atoms with E-state index in [9.17, 15) is 16.4 Å². The zero-order valence-corrected chi connectivity index (χ0v) is 31.6. The van der Waals surface area contributed by atoms with Crippen LogP contribution >= 0.6 is 11.3 Å². The van der Waals surface area contributed by atoms with Gasteiger partial charge in [-0.3, -0.25) is 0 Å². The summed E-state index contributed by atoms with van der Waals surface area (Å²) in [6, 6.07) is 39.8. The molecule has 0 bridgehead atoms. The Morgan fingerprint density at radius 2 is 0.897 bits per heavy atom. The van der Waals surface area contributed by atoms with Crippen molar-refractivity contribution in [2.24, 2.45) is 0 Å². The minimum Gasteiger partial charge on any atom is -0.310 e. The first kappa shape index (κ1) is 23.7. The van der Waals surface area contributed by atoms with Crippen LogP contribution in [-0.4, -0.2) is 0 Å². The monoisotopic (exact) mass is 767 g/mol. The fourth-order valence-electron chi connectivity index (χ4n) is 7.68. The van der Waals surface area contributed by atoms with E-state index in [4.69, 9.17) is 0 Å². The van der Waals surface area contributed by atoms with Gasteiger partial charge in [-0.15, -0.1) is 11.3 Å². The van der Waals surface area contributed by atoms with Crippen molar-refractivity contribution < 1.29 is 16.4 Å². The fraction of sp³-hybridized carbons (Fsp3) is 0. The summed E-state index contributed by atoms with van der Waals surface area (Å²) in [5.74, 6) is 0. The molecule has 1 heterocycles. The molecule has 11 rings (SSSR count). The Labute approximate surface area is 359 Å². The molecule has 0 radical (unpaired) electrons. The van der Waals surface area contributed by atoms with Gasteiger partial charge in [0.25, 0.3) is 0 Å². The zero-order valence-electron chi connectivity index (χ0n) is 42.8. The van der Waals surface area contributed by atoms with Crippen molar-refractivity contribution >= 4 is 70.1 Å². The first-order chi connectivity index (χ1) is 33.8. The Hall–Kier alpha value is -7.26. The number of hydrogen-bond donors (Lipinski definition) is 0. The number of benzene rings is 10. The third-order valence-electron chi connectivity index (χ3n) is 10.5. The maximum atomic E-state index is 9.93. The van der Waals surface area contributed by atoms with Gasteiger partial charge in [0.1, 0.15) is 0 Å². The van der Waals surface area contributed by atoms with Crippen molar-refractivity contribution in [3.05, 3.63) is 224 Å². The van der Waals surface area contributed by atoms with Crippen molar-refractivity contribution in [3.8, 4) is 44.5 Å². The second-order valence-corrected chi connectivity index (χ2v) is 15.0. The van der Waals surface area contributed by atoms with E-state index >= 15 is 0 Å². The van der Waals surface area contributed by atoms with Crippen LogP contribution in [0.4, 0.5) is 17.1 Å². The van der Waals surface area contributed by atoms with E-state index in [0.29, 0.717) is 22.1 Å². The van der Waals surface area contributed by atoms with Crippen LogP contribution in [0.1, 0.15) is 16.4 Å². The van der Waals surface area contributed by atoms with Crippen LogP contribution in [0.5, 0.6) is 0 Å². The van der Waals surface area contributed by atoms with Gasteiger partial charge >= 0.3 is 0 Å². The first-order valence-electron chi connectivity index (χ1n) is 24.9. The third-order valence-corrected chi connectivity index (χ3v) is 11.6. The number of fused-ring (bicyclic) bond motifs is 5. The van der Waals surface area contributed by atoms with Crippen molar-refractivity contribution in [2.75, 3.05) is 4.90 Å². The average Bonchev–Trinajstić information content (AvgIpc) is 3.75. The fourth-order valence-corrected chi connectivity index (χ4v) is 8.77. The maximum absolute atomic E-state index is 9.93. The molecule has 58 heavy (non-hydrogen) atoms. The highest BCUT2D eigenvalue weighted by Gasteiger charge is 2.16. The summed E-state index contributed by atoms with van der Waals surface area (Å²) in [5, 5.41) is 5.23. The van der Waals surface area contributed by atoms with Crippen LogP contribution in [0.15, 0.2) is 224 Å². The molecule has 1 aromatic heterocycles. The number of rotatable bonds is 7. The van der Waals surface area contributed by atoms with Gasteiger partial charge in [0.15, 0.2) is 0 Å². The standard InChI is InChI=1S/C56H37NS/c1-3-19-49-39(11-1)13-9-22-51(49)41-27-32-47(33-28-41)57(48-18-8-16-43(36-48)44-29-34-56-54(37-44)53-21-5-6-24-55(53)58-56)46-30-25-38(26-31-46)42-15-7-17-45(35-42)52-23-10-14-40-12-2-4-20-50(40)52/h1-37H/i8D,16D,18D,25D,26D,27D,28D,30D,31D,32D,33D,36D. The second kappa shape index (κ2) is 14.4. The lowest BCUT2D eigenvalue weighted by Gasteiger charge is -2.26. The summed E-state index contributed by atoms with van der Waals surface area (Å²) in [6.45, 7) is 0. The summed E-state index contributed by atoms with van der Waals surface area (Å²) < 4.78 is 117. The second-order valence-electron chi connectivity index (χ2n) is 13.9. The van der Waals surface area contributed by atoms with Gasteiger partial charge in [0.2, 0.25) is 0 Å². The molecule has 272 valence electrons. The van der Waals surface area contributed by atoms with Crippen molar-refractivity contribution in [1.82, 2.24) is 0 Å². The quantitative estimate of drug-likeness (QED) is 0.156. The van der Waals surface area contributed by atoms with Gasteiger partial charge < -0.3 is 4.90 Å². The summed E-state index contributed by atoms with van der Waals surface area (Å²) in [6.07, 6.45) is 0. The smallest absolute Gasteiger partial charge is 0.0651 e. The summed E-state index contributed by atoms with van der Waals surface area (Å²) in [4.78, 5) is 0.912. The molecule has 0 spiro atoms. The molecule has 0 saturated heterocycles. The lowest BCUT2D eigenvalue weighted by Crippen LogP contribution is -2.10. The molecule has 0 unspecified atom stereocenters. The number of hydrogen-bond acceptors (Lipinski definition) is 2. The molecule has 10 aromatic carbocycles. The summed E-state index contributed by atoms with van der Waals surface area (Å²) >= 11 is 1.57. The molecule has 1 nitrogen and oxygen atoms in total. The van der Waals surface area contributed by atoms with E-state index in [1.165, 1.54) is 0 Å². The largest absolute Gasteiger partial charge is 0.310 e. The predicted octanol–water partition coefficient (Wildman–Crippen LogP) is 16.5. The van der Waals surface area contributed by atoms with Crippen LogP contribution in [-0.2, 0) is 0 Å². The predicted molar refractivity (Wildman–Crippen MR) is 251 cm³/mol. The van der Waals surface area contributed by atoms with Crippen LogP contribution in [0.25, 0.3) is 86.2 Å². The lowest BCUT2D eigenvalue weighted by molar-refractivity contribution is 1.28. The Morgan fingerprint density at radius 3 is 1.62 bits per heavy atom. The molecule has 0 fully saturated rings. The molecule has 2 heteroatoms. The van der Waals surface area contributed by atoms with Crippen LogP contribution in [0.2, 0.25) is 0 Å². The molecule has 0 aliphatic heterocycles. The minimum absolute atomic E-state index is 0.0339. The van der Waals surface area contributed by atoms with Gasteiger partial charge in [-0.05, 0) is 127 Å². The summed E-state index contributed by atoms with van der Waals surface area (Å²) in [7, 11) is 0. The molecule has 11 aromatic rings.